The molecule has 3 aromatic rings. The Labute approximate surface area is 128 Å². The quantitative estimate of drug-likeness (QED) is 0.779. The zero-order valence-corrected chi connectivity index (χ0v) is 12.2. The lowest BCUT2D eigenvalue weighted by Gasteiger charge is -2.11. The number of fused-ring (bicyclic) bond motifs is 1. The van der Waals surface area contributed by atoms with Crippen LogP contribution in [0.15, 0.2) is 59.6 Å². The van der Waals surface area contributed by atoms with Crippen LogP contribution in [0.1, 0.15) is 5.56 Å². The highest BCUT2D eigenvalue weighted by molar-refractivity contribution is 5.94. The van der Waals surface area contributed by atoms with E-state index >= 15 is 0 Å². The van der Waals surface area contributed by atoms with Gasteiger partial charge in [-0.3, -0.25) is 10.3 Å². The molecule has 1 aliphatic rings. The van der Waals surface area contributed by atoms with E-state index in [0.717, 1.165) is 42.6 Å². The third kappa shape index (κ3) is 2.41. The van der Waals surface area contributed by atoms with Gasteiger partial charge in [-0.2, -0.15) is 0 Å². The lowest BCUT2D eigenvalue weighted by molar-refractivity contribution is 0.835. The van der Waals surface area contributed by atoms with E-state index in [1.54, 1.807) is 0 Å². The maximum absolute atomic E-state index is 4.70. The van der Waals surface area contributed by atoms with Crippen LogP contribution in [0.3, 0.4) is 0 Å². The predicted octanol–water partition coefficient (Wildman–Crippen LogP) is 2.46. The molecule has 0 aliphatic carbocycles. The highest BCUT2D eigenvalue weighted by Crippen LogP contribution is 2.21. The van der Waals surface area contributed by atoms with Crippen molar-refractivity contribution in [2.75, 3.05) is 18.4 Å². The molecule has 0 unspecified atom stereocenters. The zero-order valence-electron chi connectivity index (χ0n) is 12.2. The Morgan fingerprint density at radius 2 is 1.86 bits per heavy atom. The minimum atomic E-state index is 0.775. The van der Waals surface area contributed by atoms with E-state index < -0.39 is 0 Å². The second kappa shape index (κ2) is 5.52. The Balaban J connectivity index is 1.76. The second-order valence-electron chi connectivity index (χ2n) is 5.28. The van der Waals surface area contributed by atoms with Crippen molar-refractivity contribution in [3.8, 4) is 0 Å². The topological polar surface area (TPSA) is 54.2 Å². The maximum atomic E-state index is 4.70. The minimum absolute atomic E-state index is 0.775. The van der Waals surface area contributed by atoms with Gasteiger partial charge in [-0.15, -0.1) is 0 Å². The van der Waals surface area contributed by atoms with Crippen LogP contribution in [0.25, 0.3) is 11.0 Å². The van der Waals surface area contributed by atoms with Crippen LogP contribution in [0, 0.1) is 0 Å². The number of benzene rings is 2. The first-order valence-electron chi connectivity index (χ1n) is 7.45. The number of hydrogen-bond acceptors (Lipinski definition) is 4. The van der Waals surface area contributed by atoms with Gasteiger partial charge in [-0.25, -0.2) is 4.98 Å². The fraction of sp³-hybridized carbons (Fsp3) is 0.176. The number of anilines is 1. The van der Waals surface area contributed by atoms with Crippen molar-refractivity contribution in [2.24, 2.45) is 4.99 Å². The van der Waals surface area contributed by atoms with Crippen molar-refractivity contribution < 1.29 is 0 Å². The summed E-state index contributed by atoms with van der Waals surface area (Å²) in [5.74, 6) is 1.61. The summed E-state index contributed by atoms with van der Waals surface area (Å²) < 4.78 is 2.19. The average Bonchev–Trinajstić information content (AvgIpc) is 3.18. The molecule has 0 fully saturated rings. The molecule has 0 bridgehead atoms. The summed E-state index contributed by atoms with van der Waals surface area (Å²) in [4.78, 5) is 9.09. The van der Waals surface area contributed by atoms with Crippen LogP contribution < -0.4 is 10.6 Å². The number of nitrogens with one attached hydrogen (secondary N) is 2. The molecule has 4 rings (SSSR count). The highest BCUT2D eigenvalue weighted by Gasteiger charge is 2.13. The molecule has 0 saturated heterocycles. The highest BCUT2D eigenvalue weighted by atomic mass is 15.3. The van der Waals surface area contributed by atoms with Gasteiger partial charge in [0.2, 0.25) is 5.95 Å². The molecule has 5 nitrogen and oxygen atoms in total. The fourth-order valence-corrected chi connectivity index (χ4v) is 2.68. The molecule has 1 aromatic heterocycles. The largest absolute Gasteiger partial charge is 0.354 e. The van der Waals surface area contributed by atoms with Crippen molar-refractivity contribution in [3.05, 3.63) is 60.2 Å². The normalized spacial score (nSPS) is 13.9. The van der Waals surface area contributed by atoms with Gasteiger partial charge in [0.1, 0.15) is 0 Å². The predicted molar refractivity (Wildman–Crippen MR) is 89.2 cm³/mol. The summed E-state index contributed by atoms with van der Waals surface area (Å²) in [6, 6.07) is 18.6. The van der Waals surface area contributed by atoms with Gasteiger partial charge in [-0.05, 0) is 17.7 Å². The summed E-state index contributed by atoms with van der Waals surface area (Å²) in [5.41, 5.74) is 3.35. The number of para-hydroxylation sites is 2. The number of aromatic nitrogens is 2. The first-order chi connectivity index (χ1) is 10.9. The maximum Gasteiger partial charge on any atom is 0.211 e. The molecule has 2 aromatic carbocycles. The first kappa shape index (κ1) is 12.9. The molecule has 0 radical (unpaired) electrons. The molecule has 5 heteroatoms. The van der Waals surface area contributed by atoms with Gasteiger partial charge in [0, 0.05) is 6.54 Å². The SMILES string of the molecule is c1ccc(Cn2c(NC3=NCCN3)nc3ccccc32)cc1. The standard InChI is InChI=1S/C17H17N5/c1-2-6-13(7-3-1)12-22-15-9-5-4-8-14(15)20-17(22)21-16-18-10-11-19-16/h1-9H,10-12H2,(H2,18,19,20,21). The van der Waals surface area contributed by atoms with E-state index in [2.05, 4.69) is 50.5 Å². The van der Waals surface area contributed by atoms with E-state index in [-0.39, 0.29) is 0 Å². The third-order valence-corrected chi connectivity index (χ3v) is 3.74. The van der Waals surface area contributed by atoms with E-state index in [1.165, 1.54) is 5.56 Å². The number of imidazole rings is 1. The van der Waals surface area contributed by atoms with Crippen molar-refractivity contribution in [1.82, 2.24) is 14.9 Å². The van der Waals surface area contributed by atoms with E-state index in [0.29, 0.717) is 0 Å². The monoisotopic (exact) mass is 291 g/mol. The number of nitrogens with zero attached hydrogens (tertiary/aromatic N) is 3. The van der Waals surface area contributed by atoms with Gasteiger partial charge in [0.15, 0.2) is 5.96 Å². The smallest absolute Gasteiger partial charge is 0.211 e. The zero-order chi connectivity index (χ0) is 14.8. The Hall–Kier alpha value is -2.82. The lowest BCUT2D eigenvalue weighted by Crippen LogP contribution is -2.27. The summed E-state index contributed by atoms with van der Waals surface area (Å²) in [6.07, 6.45) is 0. The summed E-state index contributed by atoms with van der Waals surface area (Å²) >= 11 is 0. The van der Waals surface area contributed by atoms with Crippen LogP contribution in [0.4, 0.5) is 5.95 Å². The molecule has 1 aliphatic heterocycles. The molecule has 0 spiro atoms. The first-order valence-corrected chi connectivity index (χ1v) is 7.45. The van der Waals surface area contributed by atoms with Crippen molar-refractivity contribution in [2.45, 2.75) is 6.54 Å². The van der Waals surface area contributed by atoms with Gasteiger partial charge in [0.25, 0.3) is 0 Å². The van der Waals surface area contributed by atoms with Crippen LogP contribution in [-0.4, -0.2) is 28.6 Å². The van der Waals surface area contributed by atoms with Crippen molar-refractivity contribution in [3.63, 3.8) is 0 Å². The number of rotatable bonds is 3. The number of aliphatic imine (C=N–C) groups is 1. The Kier molecular flexibility index (Phi) is 3.23. The molecule has 0 amide bonds. The van der Waals surface area contributed by atoms with Gasteiger partial charge < -0.3 is 9.88 Å². The van der Waals surface area contributed by atoms with Crippen LogP contribution in [0.5, 0.6) is 0 Å². The van der Waals surface area contributed by atoms with E-state index in [1.807, 2.05) is 24.3 Å². The van der Waals surface area contributed by atoms with Gasteiger partial charge in [0.05, 0.1) is 24.1 Å². The third-order valence-electron chi connectivity index (χ3n) is 3.74. The minimum Gasteiger partial charge on any atom is -0.354 e. The van der Waals surface area contributed by atoms with E-state index in [4.69, 9.17) is 4.98 Å². The number of guanidine groups is 1. The second-order valence-corrected chi connectivity index (χ2v) is 5.28. The van der Waals surface area contributed by atoms with Crippen LogP contribution in [0.2, 0.25) is 0 Å². The fourth-order valence-electron chi connectivity index (χ4n) is 2.68. The molecular weight excluding hydrogens is 274 g/mol. The molecule has 22 heavy (non-hydrogen) atoms. The summed E-state index contributed by atoms with van der Waals surface area (Å²) in [7, 11) is 0. The molecule has 0 atom stereocenters. The molecule has 110 valence electrons. The Bertz CT molecular complexity index is 819. The Morgan fingerprint density at radius 1 is 1.05 bits per heavy atom. The van der Waals surface area contributed by atoms with Crippen molar-refractivity contribution in [1.29, 1.82) is 0 Å². The van der Waals surface area contributed by atoms with Crippen LogP contribution in [-0.2, 0) is 6.54 Å². The van der Waals surface area contributed by atoms with Crippen molar-refractivity contribution >= 4 is 22.9 Å². The average molecular weight is 291 g/mol. The van der Waals surface area contributed by atoms with Gasteiger partial charge >= 0.3 is 0 Å². The molecule has 2 heterocycles. The molecule has 0 saturated carbocycles. The summed E-state index contributed by atoms with van der Waals surface area (Å²) in [5, 5.41) is 6.54. The lowest BCUT2D eigenvalue weighted by atomic mass is 10.2. The molecule has 2 N–H and O–H groups in total. The molecular formula is C17H17N5. The Morgan fingerprint density at radius 3 is 2.68 bits per heavy atom. The summed E-state index contributed by atoms with van der Waals surface area (Å²) in [6.45, 7) is 2.46. The van der Waals surface area contributed by atoms with Gasteiger partial charge in [-0.1, -0.05) is 42.5 Å². The number of hydrogen-bond donors (Lipinski definition) is 2. The van der Waals surface area contributed by atoms with Crippen LogP contribution >= 0.6 is 0 Å². The van der Waals surface area contributed by atoms with E-state index in [9.17, 15) is 0 Å².